The third-order valence-electron chi connectivity index (χ3n) is 5.68. The first-order chi connectivity index (χ1) is 15.5. The van der Waals surface area contributed by atoms with E-state index in [0.29, 0.717) is 39.8 Å². The number of amides is 1. The Bertz CT molecular complexity index is 1120. The van der Waals surface area contributed by atoms with Crippen molar-refractivity contribution in [2.45, 2.75) is 26.2 Å². The maximum atomic E-state index is 13.4. The molecule has 3 aromatic rings. The van der Waals surface area contributed by atoms with Gasteiger partial charge < -0.3 is 24.4 Å². The van der Waals surface area contributed by atoms with E-state index in [1.165, 1.54) is 0 Å². The van der Waals surface area contributed by atoms with E-state index in [0.717, 1.165) is 43.4 Å². The maximum Gasteiger partial charge on any atom is 0.257 e. The number of anilines is 2. The van der Waals surface area contributed by atoms with Crippen LogP contribution < -0.4 is 19.5 Å². The van der Waals surface area contributed by atoms with Crippen LogP contribution in [0.25, 0.3) is 11.0 Å². The first-order valence-electron chi connectivity index (χ1n) is 10.7. The summed E-state index contributed by atoms with van der Waals surface area (Å²) in [6.45, 7) is 3.43. The van der Waals surface area contributed by atoms with E-state index in [1.807, 2.05) is 36.1 Å². The molecule has 0 aliphatic carbocycles. The van der Waals surface area contributed by atoms with Crippen molar-refractivity contribution >= 4 is 28.3 Å². The highest BCUT2D eigenvalue weighted by Gasteiger charge is 2.24. The normalized spacial score (nSPS) is 13.7. The summed E-state index contributed by atoms with van der Waals surface area (Å²) in [4.78, 5) is 24.3. The number of ether oxygens (including phenoxy) is 3. The fourth-order valence-corrected chi connectivity index (χ4v) is 4.03. The van der Waals surface area contributed by atoms with Gasteiger partial charge in [0.25, 0.3) is 5.91 Å². The smallest absolute Gasteiger partial charge is 0.257 e. The molecule has 0 unspecified atom stereocenters. The molecule has 1 saturated heterocycles. The molecule has 0 bridgehead atoms. The molecule has 3 heterocycles. The van der Waals surface area contributed by atoms with Crippen LogP contribution in [0.3, 0.4) is 0 Å². The van der Waals surface area contributed by atoms with Gasteiger partial charge in [0.2, 0.25) is 5.75 Å². The van der Waals surface area contributed by atoms with Crippen LogP contribution in [0, 0.1) is 6.92 Å². The lowest BCUT2D eigenvalue weighted by Crippen LogP contribution is -2.36. The average Bonchev–Trinajstić information content (AvgIpc) is 2.83. The predicted octanol–water partition coefficient (Wildman–Crippen LogP) is 4.33. The number of likely N-dealkylation sites (tertiary alicyclic amines) is 1. The third kappa shape index (κ3) is 4.12. The summed E-state index contributed by atoms with van der Waals surface area (Å²) in [6, 6.07) is 7.48. The molecule has 8 heteroatoms. The number of aryl methyl sites for hydroxylation is 1. The number of carbonyl (C=O) groups excluding carboxylic acids is 1. The van der Waals surface area contributed by atoms with Crippen LogP contribution in [0.15, 0.2) is 30.5 Å². The Morgan fingerprint density at radius 1 is 1.00 bits per heavy atom. The zero-order valence-corrected chi connectivity index (χ0v) is 18.9. The Morgan fingerprint density at radius 2 is 1.69 bits per heavy atom. The Morgan fingerprint density at radius 3 is 2.31 bits per heavy atom. The highest BCUT2D eigenvalue weighted by molar-refractivity contribution is 6.07. The lowest BCUT2D eigenvalue weighted by molar-refractivity contribution is 0.0725. The summed E-state index contributed by atoms with van der Waals surface area (Å²) in [5, 5.41) is 4.18. The number of methoxy groups -OCH3 is 3. The lowest BCUT2D eigenvalue weighted by atomic mass is 10.1. The molecule has 0 atom stereocenters. The molecule has 32 heavy (non-hydrogen) atoms. The summed E-state index contributed by atoms with van der Waals surface area (Å²) in [5.41, 5.74) is 3.31. The van der Waals surface area contributed by atoms with Gasteiger partial charge in [0.05, 0.1) is 32.6 Å². The van der Waals surface area contributed by atoms with Crippen LogP contribution in [0.5, 0.6) is 17.2 Å². The highest BCUT2D eigenvalue weighted by atomic mass is 16.5. The minimum atomic E-state index is -0.0328. The van der Waals surface area contributed by atoms with Crippen LogP contribution in [0.1, 0.15) is 35.3 Å². The monoisotopic (exact) mass is 436 g/mol. The van der Waals surface area contributed by atoms with E-state index in [4.69, 9.17) is 14.2 Å². The minimum Gasteiger partial charge on any atom is -0.493 e. The number of benzene rings is 1. The average molecular weight is 437 g/mol. The topological polar surface area (TPSA) is 85.8 Å². The second-order valence-corrected chi connectivity index (χ2v) is 7.76. The molecule has 0 saturated carbocycles. The second kappa shape index (κ2) is 9.30. The maximum absolute atomic E-state index is 13.4. The van der Waals surface area contributed by atoms with Gasteiger partial charge in [-0.05, 0) is 38.3 Å². The number of carbonyl (C=O) groups is 1. The van der Waals surface area contributed by atoms with Crippen LogP contribution in [-0.2, 0) is 0 Å². The molecule has 4 rings (SSSR count). The fraction of sp³-hybridized carbons (Fsp3) is 0.375. The molecule has 8 nitrogen and oxygen atoms in total. The summed E-state index contributed by atoms with van der Waals surface area (Å²) in [7, 11) is 4.70. The Labute approximate surface area is 187 Å². The number of pyridine rings is 2. The largest absolute Gasteiger partial charge is 0.493 e. The van der Waals surface area contributed by atoms with Gasteiger partial charge in [-0.25, -0.2) is 9.97 Å². The lowest BCUT2D eigenvalue weighted by Gasteiger charge is -2.27. The van der Waals surface area contributed by atoms with Crippen molar-refractivity contribution in [1.29, 1.82) is 0 Å². The van der Waals surface area contributed by atoms with Crippen LogP contribution in [-0.4, -0.2) is 55.2 Å². The zero-order chi connectivity index (χ0) is 22.7. The molecule has 0 radical (unpaired) electrons. The Hall–Kier alpha value is -3.55. The van der Waals surface area contributed by atoms with Crippen LogP contribution >= 0.6 is 0 Å². The van der Waals surface area contributed by atoms with Gasteiger partial charge >= 0.3 is 0 Å². The summed E-state index contributed by atoms with van der Waals surface area (Å²) in [5.74, 6) is 1.51. The minimum absolute atomic E-state index is 0.0328. The number of rotatable bonds is 6. The molecule has 1 aliphatic heterocycles. The number of nitrogens with one attached hydrogen (secondary N) is 1. The number of hydrogen-bond acceptors (Lipinski definition) is 7. The van der Waals surface area contributed by atoms with Crippen LogP contribution in [0.4, 0.5) is 11.4 Å². The highest BCUT2D eigenvalue weighted by Crippen LogP contribution is 2.41. The molecule has 168 valence electrons. The molecule has 1 aromatic carbocycles. The molecule has 1 N–H and O–H groups in total. The van der Waals surface area contributed by atoms with E-state index in [2.05, 4.69) is 15.3 Å². The molecule has 2 aromatic heterocycles. The predicted molar refractivity (Wildman–Crippen MR) is 123 cm³/mol. The van der Waals surface area contributed by atoms with E-state index in [1.54, 1.807) is 27.5 Å². The summed E-state index contributed by atoms with van der Waals surface area (Å²) in [6.07, 6.45) is 4.80. The van der Waals surface area contributed by atoms with E-state index >= 15 is 0 Å². The van der Waals surface area contributed by atoms with Gasteiger partial charge in [-0.1, -0.05) is 0 Å². The van der Waals surface area contributed by atoms with Crippen molar-refractivity contribution in [3.63, 3.8) is 0 Å². The van der Waals surface area contributed by atoms with Crippen molar-refractivity contribution in [3.05, 3.63) is 41.7 Å². The number of fused-ring (bicyclic) bond motifs is 1. The quantitative estimate of drug-likeness (QED) is 0.615. The number of nitrogens with zero attached hydrogens (tertiary/aromatic N) is 3. The molecular weight excluding hydrogens is 408 g/mol. The molecule has 1 aliphatic rings. The van der Waals surface area contributed by atoms with Crippen molar-refractivity contribution in [1.82, 2.24) is 14.9 Å². The van der Waals surface area contributed by atoms with E-state index in [9.17, 15) is 4.79 Å². The number of hydrogen-bond donors (Lipinski definition) is 1. The number of aromatic nitrogens is 2. The summed E-state index contributed by atoms with van der Waals surface area (Å²) < 4.78 is 16.4. The second-order valence-electron chi connectivity index (χ2n) is 7.76. The van der Waals surface area contributed by atoms with Gasteiger partial charge in [-0.2, -0.15) is 0 Å². The van der Waals surface area contributed by atoms with Gasteiger partial charge in [0.1, 0.15) is 0 Å². The SMILES string of the molecule is COc1cc(Nc2c(C(=O)N3CCCCC3)cnc3nc(C)ccc23)cc(OC)c1OC. The standard InChI is InChI=1S/C24H28N4O4/c1-15-8-9-17-21(27-16-12-19(30-2)22(32-4)20(13-16)31-3)18(14-25-23(17)26-15)24(29)28-10-6-5-7-11-28/h8-9,12-14H,5-7,10-11H2,1-4H3,(H,25,26,27). The van der Waals surface area contributed by atoms with Gasteiger partial charge in [0.15, 0.2) is 17.1 Å². The third-order valence-corrected chi connectivity index (χ3v) is 5.68. The fourth-order valence-electron chi connectivity index (χ4n) is 4.03. The van der Waals surface area contributed by atoms with Gasteiger partial charge in [-0.15, -0.1) is 0 Å². The molecule has 1 amide bonds. The van der Waals surface area contributed by atoms with Crippen LogP contribution in [0.2, 0.25) is 0 Å². The summed E-state index contributed by atoms with van der Waals surface area (Å²) >= 11 is 0. The Kier molecular flexibility index (Phi) is 6.30. The zero-order valence-electron chi connectivity index (χ0n) is 18.9. The van der Waals surface area contributed by atoms with Crippen molar-refractivity contribution in [3.8, 4) is 17.2 Å². The first-order valence-corrected chi connectivity index (χ1v) is 10.7. The van der Waals surface area contributed by atoms with Crippen molar-refractivity contribution in [2.24, 2.45) is 0 Å². The van der Waals surface area contributed by atoms with Gasteiger partial charge in [-0.3, -0.25) is 4.79 Å². The van der Waals surface area contributed by atoms with E-state index < -0.39 is 0 Å². The van der Waals surface area contributed by atoms with Crippen molar-refractivity contribution in [2.75, 3.05) is 39.7 Å². The number of piperidine rings is 1. The Balaban J connectivity index is 1.84. The molecule has 0 spiro atoms. The van der Waals surface area contributed by atoms with Gasteiger partial charge in [0, 0.05) is 48.2 Å². The molecule has 1 fully saturated rings. The first kappa shape index (κ1) is 21.7. The van der Waals surface area contributed by atoms with Crippen molar-refractivity contribution < 1.29 is 19.0 Å². The molecular formula is C24H28N4O4. The van der Waals surface area contributed by atoms with E-state index in [-0.39, 0.29) is 5.91 Å².